The van der Waals surface area contributed by atoms with Crippen molar-refractivity contribution >= 4 is 29.7 Å². The van der Waals surface area contributed by atoms with Gasteiger partial charge in [-0.3, -0.25) is 4.79 Å². The lowest BCUT2D eigenvalue weighted by atomic mass is 10.2. The number of hydrogen-bond acceptors (Lipinski definition) is 3. The first kappa shape index (κ1) is 19.6. The Labute approximate surface area is 158 Å². The van der Waals surface area contributed by atoms with E-state index in [-0.39, 0.29) is 24.1 Å². The van der Waals surface area contributed by atoms with E-state index in [0.29, 0.717) is 19.1 Å². The quantitative estimate of drug-likeness (QED) is 0.745. The lowest BCUT2D eigenvalue weighted by Crippen LogP contribution is -2.30. The molecule has 1 amide bonds. The minimum absolute atomic E-state index is 0. The van der Waals surface area contributed by atoms with E-state index in [1.165, 1.54) is 23.4 Å². The van der Waals surface area contributed by atoms with Gasteiger partial charge in [0.05, 0.1) is 4.88 Å². The van der Waals surface area contributed by atoms with Gasteiger partial charge in [0.25, 0.3) is 5.91 Å². The van der Waals surface area contributed by atoms with E-state index in [1.54, 1.807) is 34.4 Å². The summed E-state index contributed by atoms with van der Waals surface area (Å²) in [5.74, 6) is -0.277. The fourth-order valence-electron chi connectivity index (χ4n) is 2.92. The zero-order valence-electron chi connectivity index (χ0n) is 13.9. The monoisotopic (exact) mass is 380 g/mol. The standard InChI is InChI=1S/C19H21FN2OS.ClH/c1-2-12-22(13-14-5-7-15(20)8-6-14)19(23)18-10-9-17(24-18)16-4-3-11-21-16;/h2,5-10,16,21H,1,3-4,11-13H2;1H. The van der Waals surface area contributed by atoms with E-state index >= 15 is 0 Å². The van der Waals surface area contributed by atoms with Crippen molar-refractivity contribution in [2.45, 2.75) is 25.4 Å². The van der Waals surface area contributed by atoms with Gasteiger partial charge < -0.3 is 10.2 Å². The summed E-state index contributed by atoms with van der Waals surface area (Å²) >= 11 is 1.56. The first-order chi connectivity index (χ1) is 11.7. The Morgan fingerprint density at radius 2 is 2.08 bits per heavy atom. The Bertz CT molecular complexity index is 710. The number of amides is 1. The van der Waals surface area contributed by atoms with E-state index in [0.717, 1.165) is 23.4 Å². The number of nitrogens with one attached hydrogen (secondary N) is 1. The number of carbonyl (C=O) groups is 1. The lowest BCUT2D eigenvalue weighted by Gasteiger charge is -2.20. The van der Waals surface area contributed by atoms with Crippen LogP contribution in [0.2, 0.25) is 0 Å². The summed E-state index contributed by atoms with van der Waals surface area (Å²) < 4.78 is 13.0. The maximum Gasteiger partial charge on any atom is 0.264 e. The lowest BCUT2D eigenvalue weighted by molar-refractivity contribution is 0.0767. The van der Waals surface area contributed by atoms with E-state index in [9.17, 15) is 9.18 Å². The van der Waals surface area contributed by atoms with Crippen molar-refractivity contribution in [3.05, 3.63) is 70.2 Å². The molecule has 0 aliphatic carbocycles. The van der Waals surface area contributed by atoms with E-state index in [1.807, 2.05) is 12.1 Å². The van der Waals surface area contributed by atoms with E-state index in [4.69, 9.17) is 0 Å². The summed E-state index contributed by atoms with van der Waals surface area (Å²) in [5, 5.41) is 3.46. The van der Waals surface area contributed by atoms with Crippen LogP contribution in [0.5, 0.6) is 0 Å². The van der Waals surface area contributed by atoms with Crippen LogP contribution < -0.4 is 5.32 Å². The van der Waals surface area contributed by atoms with Crippen LogP contribution in [-0.2, 0) is 6.54 Å². The molecule has 2 aromatic rings. The van der Waals surface area contributed by atoms with Crippen molar-refractivity contribution in [2.24, 2.45) is 0 Å². The summed E-state index contributed by atoms with van der Waals surface area (Å²) in [7, 11) is 0. The fourth-order valence-corrected chi connectivity index (χ4v) is 4.01. The predicted octanol–water partition coefficient (Wildman–Crippen LogP) is 4.56. The highest BCUT2D eigenvalue weighted by Crippen LogP contribution is 2.30. The summed E-state index contributed by atoms with van der Waals surface area (Å²) in [4.78, 5) is 16.5. The largest absolute Gasteiger partial charge is 0.330 e. The Kier molecular flexibility index (Phi) is 7.17. The summed E-state index contributed by atoms with van der Waals surface area (Å²) in [6, 6.07) is 10.6. The molecule has 2 heterocycles. The summed E-state index contributed by atoms with van der Waals surface area (Å²) in [6.07, 6.45) is 4.02. The zero-order chi connectivity index (χ0) is 16.9. The smallest absolute Gasteiger partial charge is 0.264 e. The van der Waals surface area contributed by atoms with Crippen molar-refractivity contribution in [2.75, 3.05) is 13.1 Å². The normalized spacial score (nSPS) is 16.3. The maximum absolute atomic E-state index is 13.0. The fraction of sp³-hybridized carbons (Fsp3) is 0.316. The van der Waals surface area contributed by atoms with Gasteiger partial charge in [-0.15, -0.1) is 30.3 Å². The SMILES string of the molecule is C=CCN(Cc1ccc(F)cc1)C(=O)c1ccc(C2CCCN2)s1.Cl. The van der Waals surface area contributed by atoms with E-state index < -0.39 is 0 Å². The number of benzene rings is 1. The molecule has 1 N–H and O–H groups in total. The molecule has 0 spiro atoms. The maximum atomic E-state index is 13.0. The molecule has 3 rings (SSSR count). The van der Waals surface area contributed by atoms with Crippen LogP contribution >= 0.6 is 23.7 Å². The first-order valence-electron chi connectivity index (χ1n) is 8.15. The third-order valence-electron chi connectivity index (χ3n) is 4.16. The zero-order valence-corrected chi connectivity index (χ0v) is 15.5. The van der Waals surface area contributed by atoms with Gasteiger partial charge in [-0.05, 0) is 49.2 Å². The molecular weight excluding hydrogens is 359 g/mol. The van der Waals surface area contributed by atoms with Crippen LogP contribution in [0.1, 0.15) is 39.0 Å². The van der Waals surface area contributed by atoms with Crippen LogP contribution in [0.25, 0.3) is 0 Å². The van der Waals surface area contributed by atoms with Gasteiger partial charge in [0.15, 0.2) is 0 Å². The third kappa shape index (κ3) is 4.91. The second-order valence-electron chi connectivity index (χ2n) is 5.95. The van der Waals surface area contributed by atoms with Gasteiger partial charge >= 0.3 is 0 Å². The van der Waals surface area contributed by atoms with Crippen LogP contribution in [0.3, 0.4) is 0 Å². The highest BCUT2D eigenvalue weighted by Gasteiger charge is 2.22. The average molecular weight is 381 g/mol. The second kappa shape index (κ2) is 9.13. The first-order valence-corrected chi connectivity index (χ1v) is 8.97. The predicted molar refractivity (Wildman–Crippen MR) is 103 cm³/mol. The molecule has 1 unspecified atom stereocenters. The molecule has 0 saturated carbocycles. The highest BCUT2D eigenvalue weighted by molar-refractivity contribution is 7.14. The average Bonchev–Trinajstić information content (AvgIpc) is 3.27. The van der Waals surface area contributed by atoms with Crippen molar-refractivity contribution in [3.63, 3.8) is 0 Å². The van der Waals surface area contributed by atoms with Gasteiger partial charge in [-0.1, -0.05) is 18.2 Å². The van der Waals surface area contributed by atoms with Gasteiger partial charge in [0.2, 0.25) is 0 Å². The van der Waals surface area contributed by atoms with Gasteiger partial charge in [0, 0.05) is 24.0 Å². The topological polar surface area (TPSA) is 32.3 Å². The second-order valence-corrected chi connectivity index (χ2v) is 7.07. The number of carbonyl (C=O) groups excluding carboxylic acids is 1. The molecule has 1 aliphatic rings. The third-order valence-corrected chi connectivity index (χ3v) is 5.35. The number of halogens is 2. The summed E-state index contributed by atoms with van der Waals surface area (Å²) in [5.41, 5.74) is 0.904. The van der Waals surface area contributed by atoms with Gasteiger partial charge in [-0.25, -0.2) is 4.39 Å². The number of thiophene rings is 1. The Hall–Kier alpha value is -1.69. The molecular formula is C19H22ClFN2OS. The van der Waals surface area contributed by atoms with Crippen LogP contribution in [0.4, 0.5) is 4.39 Å². The molecule has 1 aromatic carbocycles. The van der Waals surface area contributed by atoms with Crippen molar-refractivity contribution in [1.82, 2.24) is 10.2 Å². The van der Waals surface area contributed by atoms with E-state index in [2.05, 4.69) is 11.9 Å². The molecule has 25 heavy (non-hydrogen) atoms. The molecule has 1 saturated heterocycles. The number of nitrogens with zero attached hydrogens (tertiary/aromatic N) is 1. The molecule has 0 radical (unpaired) electrons. The minimum atomic E-state index is -0.271. The molecule has 1 fully saturated rings. The molecule has 0 bridgehead atoms. The number of rotatable bonds is 6. The highest BCUT2D eigenvalue weighted by atomic mass is 35.5. The minimum Gasteiger partial charge on any atom is -0.330 e. The molecule has 1 atom stereocenters. The van der Waals surface area contributed by atoms with Gasteiger partial charge in [0.1, 0.15) is 5.82 Å². The van der Waals surface area contributed by atoms with Crippen molar-refractivity contribution < 1.29 is 9.18 Å². The Morgan fingerprint density at radius 1 is 1.32 bits per heavy atom. The van der Waals surface area contributed by atoms with Crippen molar-refractivity contribution in [1.29, 1.82) is 0 Å². The molecule has 6 heteroatoms. The van der Waals surface area contributed by atoms with Crippen LogP contribution in [-0.4, -0.2) is 23.9 Å². The molecule has 1 aromatic heterocycles. The van der Waals surface area contributed by atoms with Crippen LogP contribution in [0.15, 0.2) is 49.1 Å². The van der Waals surface area contributed by atoms with Crippen molar-refractivity contribution in [3.8, 4) is 0 Å². The van der Waals surface area contributed by atoms with Gasteiger partial charge in [-0.2, -0.15) is 0 Å². The molecule has 134 valence electrons. The van der Waals surface area contributed by atoms with Crippen LogP contribution in [0, 0.1) is 5.82 Å². The molecule has 3 nitrogen and oxygen atoms in total. The summed E-state index contributed by atoms with van der Waals surface area (Å²) in [6.45, 7) is 5.69. The Morgan fingerprint density at radius 3 is 2.72 bits per heavy atom. The Balaban J connectivity index is 0.00000225. The number of hydrogen-bond donors (Lipinski definition) is 1. The molecule has 1 aliphatic heterocycles.